The first kappa shape index (κ1) is 16.4. The van der Waals surface area contributed by atoms with Crippen molar-refractivity contribution in [2.24, 2.45) is 34.0 Å². The highest BCUT2D eigenvalue weighted by atomic mass is 14.7. The molecular formula is C25H36. The van der Waals surface area contributed by atoms with Crippen LogP contribution in [-0.2, 0) is 0 Å². The van der Waals surface area contributed by atoms with Crippen LogP contribution in [0.4, 0.5) is 0 Å². The topological polar surface area (TPSA) is 0 Å². The molecule has 6 atom stereocenters. The maximum Gasteiger partial charge on any atom is -0.00790 e. The fourth-order valence-electron chi connectivity index (χ4n) is 8.65. The number of hydrogen-bond donors (Lipinski definition) is 0. The third-order valence-electron chi connectivity index (χ3n) is 10.2. The highest BCUT2D eigenvalue weighted by Gasteiger charge is 2.64. The first-order valence-corrected chi connectivity index (χ1v) is 10.9. The van der Waals surface area contributed by atoms with Crippen molar-refractivity contribution in [2.45, 2.75) is 84.5 Å². The smallest absolute Gasteiger partial charge is 0.00790 e. The second kappa shape index (κ2) is 5.14. The molecule has 1 spiro atoms. The van der Waals surface area contributed by atoms with Crippen LogP contribution in [0.5, 0.6) is 0 Å². The van der Waals surface area contributed by atoms with E-state index in [0.29, 0.717) is 16.2 Å². The van der Waals surface area contributed by atoms with E-state index in [9.17, 15) is 0 Å². The van der Waals surface area contributed by atoms with Crippen molar-refractivity contribution in [3.63, 3.8) is 0 Å². The Morgan fingerprint density at radius 1 is 0.880 bits per heavy atom. The zero-order valence-electron chi connectivity index (χ0n) is 16.5. The molecule has 0 aromatic carbocycles. The van der Waals surface area contributed by atoms with Crippen molar-refractivity contribution in [3.05, 3.63) is 36.0 Å². The van der Waals surface area contributed by atoms with Crippen LogP contribution in [0, 0.1) is 34.0 Å². The van der Waals surface area contributed by atoms with Gasteiger partial charge >= 0.3 is 0 Å². The van der Waals surface area contributed by atoms with Crippen LogP contribution in [0.25, 0.3) is 0 Å². The minimum Gasteiger partial charge on any atom is -0.0998 e. The molecule has 4 saturated carbocycles. The van der Waals surface area contributed by atoms with Gasteiger partial charge in [-0.1, -0.05) is 49.8 Å². The Kier molecular flexibility index (Phi) is 3.37. The molecule has 0 nitrogen and oxygen atoms in total. The number of rotatable bonds is 0. The van der Waals surface area contributed by atoms with E-state index in [1.54, 1.807) is 11.1 Å². The van der Waals surface area contributed by atoms with Crippen LogP contribution in [0.2, 0.25) is 0 Å². The summed E-state index contributed by atoms with van der Waals surface area (Å²) < 4.78 is 0. The maximum absolute atomic E-state index is 4.38. The first-order valence-electron chi connectivity index (χ1n) is 10.9. The fourth-order valence-corrected chi connectivity index (χ4v) is 8.65. The standard InChI is InChI=1S/C25H36/c1-17-7-11-23(3)19(15-17)5-6-20-21(23)9-12-24(4)22(20)10-14-25(24)13-8-18(2)16-25/h15,20-22H,1-2,5-14,16H2,3-4H3/t20?,21?,22?,23?,24?,25-/m1/s1. The Bertz CT molecular complexity index is 666. The fraction of sp³-hybridized carbons (Fsp3) is 0.760. The van der Waals surface area contributed by atoms with Crippen LogP contribution < -0.4 is 0 Å². The third kappa shape index (κ3) is 2.00. The van der Waals surface area contributed by atoms with Gasteiger partial charge in [0.2, 0.25) is 0 Å². The maximum atomic E-state index is 4.38. The van der Waals surface area contributed by atoms with E-state index in [1.165, 1.54) is 76.2 Å². The van der Waals surface area contributed by atoms with Gasteiger partial charge in [0.1, 0.15) is 0 Å². The van der Waals surface area contributed by atoms with Crippen molar-refractivity contribution in [1.29, 1.82) is 0 Å². The molecule has 5 unspecified atom stereocenters. The normalized spacial score (nSPS) is 51.9. The molecule has 0 saturated heterocycles. The van der Waals surface area contributed by atoms with E-state index >= 15 is 0 Å². The summed E-state index contributed by atoms with van der Waals surface area (Å²) in [6.45, 7) is 14.0. The second-order valence-electron chi connectivity index (χ2n) is 10.9. The molecule has 0 amide bonds. The lowest BCUT2D eigenvalue weighted by molar-refractivity contribution is -0.0768. The lowest BCUT2D eigenvalue weighted by atomic mass is 9.45. The van der Waals surface area contributed by atoms with E-state index < -0.39 is 0 Å². The summed E-state index contributed by atoms with van der Waals surface area (Å²) in [5, 5.41) is 0. The van der Waals surface area contributed by atoms with Gasteiger partial charge in [-0.05, 0) is 105 Å². The molecule has 0 aliphatic heterocycles. The summed E-state index contributed by atoms with van der Waals surface area (Å²) in [4.78, 5) is 0. The van der Waals surface area contributed by atoms with E-state index in [0.717, 1.165) is 17.8 Å². The van der Waals surface area contributed by atoms with Gasteiger partial charge in [0.15, 0.2) is 0 Å². The molecular weight excluding hydrogens is 300 g/mol. The Morgan fingerprint density at radius 3 is 2.44 bits per heavy atom. The quantitative estimate of drug-likeness (QED) is 0.409. The van der Waals surface area contributed by atoms with Crippen molar-refractivity contribution in [2.75, 3.05) is 0 Å². The zero-order chi connectivity index (χ0) is 17.4. The van der Waals surface area contributed by atoms with Crippen LogP contribution in [0.1, 0.15) is 84.5 Å². The van der Waals surface area contributed by atoms with Crippen LogP contribution in [0.3, 0.4) is 0 Å². The van der Waals surface area contributed by atoms with Gasteiger partial charge in [-0.2, -0.15) is 0 Å². The molecule has 5 aliphatic rings. The molecule has 25 heavy (non-hydrogen) atoms. The van der Waals surface area contributed by atoms with Crippen molar-refractivity contribution >= 4 is 0 Å². The monoisotopic (exact) mass is 336 g/mol. The van der Waals surface area contributed by atoms with Gasteiger partial charge in [-0.15, -0.1) is 0 Å². The van der Waals surface area contributed by atoms with Crippen molar-refractivity contribution in [1.82, 2.24) is 0 Å². The van der Waals surface area contributed by atoms with Crippen LogP contribution in [0.15, 0.2) is 36.0 Å². The Hall–Kier alpha value is -0.780. The highest BCUT2D eigenvalue weighted by molar-refractivity contribution is 5.33. The van der Waals surface area contributed by atoms with Gasteiger partial charge in [-0.25, -0.2) is 0 Å². The molecule has 0 radical (unpaired) electrons. The predicted molar refractivity (Wildman–Crippen MR) is 106 cm³/mol. The summed E-state index contributed by atoms with van der Waals surface area (Å²) in [6, 6.07) is 0. The minimum absolute atomic E-state index is 0.487. The molecule has 0 heteroatoms. The van der Waals surface area contributed by atoms with Gasteiger partial charge < -0.3 is 0 Å². The second-order valence-corrected chi connectivity index (χ2v) is 10.9. The summed E-state index contributed by atoms with van der Waals surface area (Å²) in [7, 11) is 0. The molecule has 136 valence electrons. The number of fused-ring (bicyclic) bond motifs is 6. The third-order valence-corrected chi connectivity index (χ3v) is 10.2. The molecule has 0 heterocycles. The number of allylic oxidation sites excluding steroid dienone is 4. The summed E-state index contributed by atoms with van der Waals surface area (Å²) >= 11 is 0. The predicted octanol–water partition coefficient (Wildman–Crippen LogP) is 7.23. The largest absolute Gasteiger partial charge is 0.0998 e. The van der Waals surface area contributed by atoms with E-state index in [4.69, 9.17) is 0 Å². The molecule has 0 aromatic heterocycles. The summed E-state index contributed by atoms with van der Waals surface area (Å²) in [5.74, 6) is 2.92. The molecule has 0 N–H and O–H groups in total. The summed E-state index contributed by atoms with van der Waals surface area (Å²) in [6.07, 6.45) is 18.0. The average molecular weight is 337 g/mol. The minimum atomic E-state index is 0.487. The molecule has 5 aliphatic carbocycles. The Balaban J connectivity index is 1.49. The van der Waals surface area contributed by atoms with E-state index in [1.807, 2.05) is 0 Å². The van der Waals surface area contributed by atoms with E-state index in [-0.39, 0.29) is 0 Å². The van der Waals surface area contributed by atoms with Gasteiger partial charge in [-0.3, -0.25) is 0 Å². The Labute approximate surface area is 154 Å². The first-order chi connectivity index (χ1) is 11.9. The van der Waals surface area contributed by atoms with Gasteiger partial charge in [0, 0.05) is 0 Å². The molecule has 5 rings (SSSR count). The van der Waals surface area contributed by atoms with Crippen LogP contribution in [-0.4, -0.2) is 0 Å². The van der Waals surface area contributed by atoms with Gasteiger partial charge in [0.05, 0.1) is 0 Å². The molecule has 0 aromatic rings. The highest BCUT2D eigenvalue weighted by Crippen LogP contribution is 2.73. The van der Waals surface area contributed by atoms with Crippen LogP contribution >= 0.6 is 0 Å². The Morgan fingerprint density at radius 2 is 1.68 bits per heavy atom. The summed E-state index contributed by atoms with van der Waals surface area (Å²) in [5.41, 5.74) is 6.41. The van der Waals surface area contributed by atoms with Crippen molar-refractivity contribution in [3.8, 4) is 0 Å². The average Bonchev–Trinajstić information content (AvgIpc) is 3.10. The van der Waals surface area contributed by atoms with Gasteiger partial charge in [0.25, 0.3) is 0 Å². The lowest BCUT2D eigenvalue weighted by Crippen LogP contribution is -2.52. The van der Waals surface area contributed by atoms with Crippen molar-refractivity contribution < 1.29 is 0 Å². The zero-order valence-corrected chi connectivity index (χ0v) is 16.5. The lowest BCUT2D eigenvalue weighted by Gasteiger charge is -2.60. The van der Waals surface area contributed by atoms with E-state index in [2.05, 4.69) is 33.1 Å². The SMILES string of the molecule is C=C1C=C2CCC3C(CCC4(C)C3CC[C@@]43CCC(=C)C3)C2(C)CC1. The molecule has 4 fully saturated rings. The number of hydrogen-bond acceptors (Lipinski definition) is 0. The molecule has 0 bridgehead atoms.